The molecule has 3 atom stereocenters. The van der Waals surface area contributed by atoms with Crippen LogP contribution < -0.4 is 10.6 Å². The normalized spacial score (nSPS) is 29.1. The zero-order valence-electron chi connectivity index (χ0n) is 12.1. The van der Waals surface area contributed by atoms with Gasteiger partial charge in [-0.05, 0) is 44.2 Å². The Kier molecular flexibility index (Phi) is 4.05. The topological polar surface area (TPSA) is 59.0 Å². The van der Waals surface area contributed by atoms with Gasteiger partial charge < -0.3 is 10.6 Å². The van der Waals surface area contributed by atoms with Crippen molar-refractivity contribution in [1.82, 2.24) is 20.4 Å². The first-order valence-electron chi connectivity index (χ1n) is 7.84. The maximum Gasteiger partial charge on any atom is 0.272 e. The summed E-state index contributed by atoms with van der Waals surface area (Å²) in [5, 5.41) is 10.9. The van der Waals surface area contributed by atoms with Crippen molar-refractivity contribution in [1.29, 1.82) is 0 Å². The molecular formula is C15H24N4O. The van der Waals surface area contributed by atoms with Crippen LogP contribution in [0.1, 0.15) is 55.6 Å². The van der Waals surface area contributed by atoms with E-state index in [4.69, 9.17) is 0 Å². The number of hydrogen-bond donors (Lipinski definition) is 2. The van der Waals surface area contributed by atoms with Crippen LogP contribution in [0.25, 0.3) is 0 Å². The molecule has 0 radical (unpaired) electrons. The molecular weight excluding hydrogens is 252 g/mol. The molecule has 110 valence electrons. The molecule has 2 fully saturated rings. The van der Waals surface area contributed by atoms with Gasteiger partial charge in [-0.15, -0.1) is 0 Å². The van der Waals surface area contributed by atoms with Crippen LogP contribution in [-0.4, -0.2) is 34.8 Å². The lowest BCUT2D eigenvalue weighted by atomic mass is 10.1. The number of carbonyl (C=O) groups is 1. The molecule has 20 heavy (non-hydrogen) atoms. The molecule has 5 heteroatoms. The Morgan fingerprint density at radius 1 is 1.60 bits per heavy atom. The van der Waals surface area contributed by atoms with Gasteiger partial charge in [0, 0.05) is 18.8 Å². The van der Waals surface area contributed by atoms with E-state index in [1.165, 1.54) is 19.3 Å². The first-order valence-corrected chi connectivity index (χ1v) is 7.84. The summed E-state index contributed by atoms with van der Waals surface area (Å²) in [6.45, 7) is 4.23. The number of piperidine rings is 1. The highest BCUT2D eigenvalue weighted by Gasteiger charge is 2.37. The SMILES string of the molecule is CCCC1CC1NC(=O)c1ccn(C2CCCNC2)n1. The summed E-state index contributed by atoms with van der Waals surface area (Å²) in [5.41, 5.74) is 0.553. The van der Waals surface area contributed by atoms with Crippen LogP contribution in [0.5, 0.6) is 0 Å². The first kappa shape index (κ1) is 13.6. The van der Waals surface area contributed by atoms with Crippen molar-refractivity contribution in [3.63, 3.8) is 0 Å². The number of carbonyl (C=O) groups excluding carboxylic acids is 1. The molecule has 0 aromatic carbocycles. The fourth-order valence-electron chi connectivity index (χ4n) is 3.08. The van der Waals surface area contributed by atoms with E-state index in [1.807, 2.05) is 16.9 Å². The molecule has 1 saturated carbocycles. The molecule has 0 bridgehead atoms. The summed E-state index contributed by atoms with van der Waals surface area (Å²) in [6.07, 6.45) is 7.78. The molecule has 1 aromatic heterocycles. The van der Waals surface area contributed by atoms with Crippen molar-refractivity contribution in [3.05, 3.63) is 18.0 Å². The van der Waals surface area contributed by atoms with Gasteiger partial charge in [-0.3, -0.25) is 9.48 Å². The maximum atomic E-state index is 12.1. The first-order chi connectivity index (χ1) is 9.78. The van der Waals surface area contributed by atoms with Gasteiger partial charge in [-0.2, -0.15) is 5.10 Å². The Hall–Kier alpha value is -1.36. The van der Waals surface area contributed by atoms with Crippen molar-refractivity contribution in [2.75, 3.05) is 13.1 Å². The largest absolute Gasteiger partial charge is 0.348 e. The Morgan fingerprint density at radius 3 is 3.25 bits per heavy atom. The quantitative estimate of drug-likeness (QED) is 0.861. The van der Waals surface area contributed by atoms with Crippen molar-refractivity contribution >= 4 is 5.91 Å². The van der Waals surface area contributed by atoms with Crippen molar-refractivity contribution in [2.24, 2.45) is 5.92 Å². The van der Waals surface area contributed by atoms with Crippen LogP contribution in [0.2, 0.25) is 0 Å². The van der Waals surface area contributed by atoms with Crippen LogP contribution in [-0.2, 0) is 0 Å². The lowest BCUT2D eigenvalue weighted by Crippen LogP contribution is -2.32. The highest BCUT2D eigenvalue weighted by molar-refractivity contribution is 5.92. The van der Waals surface area contributed by atoms with E-state index in [0.29, 0.717) is 23.7 Å². The second-order valence-electron chi connectivity index (χ2n) is 6.05. The molecule has 1 amide bonds. The number of rotatable bonds is 5. The maximum absolute atomic E-state index is 12.1. The summed E-state index contributed by atoms with van der Waals surface area (Å²) >= 11 is 0. The zero-order valence-corrected chi connectivity index (χ0v) is 12.1. The second-order valence-corrected chi connectivity index (χ2v) is 6.05. The Bertz CT molecular complexity index is 464. The predicted molar refractivity (Wildman–Crippen MR) is 77.6 cm³/mol. The van der Waals surface area contributed by atoms with E-state index >= 15 is 0 Å². The number of nitrogens with one attached hydrogen (secondary N) is 2. The van der Waals surface area contributed by atoms with Gasteiger partial charge in [-0.25, -0.2) is 0 Å². The number of amides is 1. The lowest BCUT2D eigenvalue weighted by Gasteiger charge is -2.22. The average Bonchev–Trinajstić information content (AvgIpc) is 3.02. The van der Waals surface area contributed by atoms with Gasteiger partial charge in [0.2, 0.25) is 0 Å². The molecule has 0 spiro atoms. The monoisotopic (exact) mass is 276 g/mol. The zero-order chi connectivity index (χ0) is 13.9. The van der Waals surface area contributed by atoms with Crippen molar-refractivity contribution < 1.29 is 4.79 Å². The Balaban J connectivity index is 1.55. The minimum Gasteiger partial charge on any atom is -0.348 e. The standard InChI is InChI=1S/C15H24N4O/c1-2-4-11-9-14(11)17-15(20)13-6-8-19(18-13)12-5-3-7-16-10-12/h6,8,11-12,14,16H,2-5,7,9-10H2,1H3,(H,17,20). The van der Waals surface area contributed by atoms with E-state index in [1.54, 1.807) is 0 Å². The molecule has 3 rings (SSSR count). The molecule has 1 aliphatic heterocycles. The summed E-state index contributed by atoms with van der Waals surface area (Å²) in [4.78, 5) is 12.1. The molecule has 2 N–H and O–H groups in total. The van der Waals surface area contributed by atoms with Crippen LogP contribution in [0.4, 0.5) is 0 Å². The number of aromatic nitrogens is 2. The molecule has 1 aliphatic carbocycles. The minimum absolute atomic E-state index is 0.0175. The summed E-state index contributed by atoms with van der Waals surface area (Å²) in [6, 6.07) is 2.60. The third kappa shape index (κ3) is 3.03. The molecule has 2 heterocycles. The van der Waals surface area contributed by atoms with E-state index in [2.05, 4.69) is 22.7 Å². The molecule has 5 nitrogen and oxygen atoms in total. The van der Waals surface area contributed by atoms with E-state index < -0.39 is 0 Å². The van der Waals surface area contributed by atoms with Gasteiger partial charge in [0.05, 0.1) is 6.04 Å². The average molecular weight is 276 g/mol. The summed E-state index contributed by atoms with van der Waals surface area (Å²) in [5.74, 6) is 0.671. The molecule has 1 aromatic rings. The van der Waals surface area contributed by atoms with E-state index in [9.17, 15) is 4.79 Å². The molecule has 3 unspecified atom stereocenters. The molecule has 2 aliphatic rings. The Morgan fingerprint density at radius 2 is 2.50 bits per heavy atom. The molecule has 1 saturated heterocycles. The van der Waals surface area contributed by atoms with E-state index in [0.717, 1.165) is 25.9 Å². The van der Waals surface area contributed by atoms with E-state index in [-0.39, 0.29) is 5.91 Å². The Labute approximate surface area is 120 Å². The van der Waals surface area contributed by atoms with Gasteiger partial charge in [0.15, 0.2) is 0 Å². The van der Waals surface area contributed by atoms with Crippen molar-refractivity contribution in [2.45, 2.75) is 51.1 Å². The van der Waals surface area contributed by atoms with Crippen molar-refractivity contribution in [3.8, 4) is 0 Å². The highest BCUT2D eigenvalue weighted by atomic mass is 16.2. The van der Waals surface area contributed by atoms with Gasteiger partial charge in [-0.1, -0.05) is 13.3 Å². The summed E-state index contributed by atoms with van der Waals surface area (Å²) < 4.78 is 1.94. The smallest absolute Gasteiger partial charge is 0.272 e. The van der Waals surface area contributed by atoms with Gasteiger partial charge >= 0.3 is 0 Å². The third-order valence-electron chi connectivity index (χ3n) is 4.38. The number of nitrogens with zero attached hydrogens (tertiary/aromatic N) is 2. The van der Waals surface area contributed by atoms with Crippen LogP contribution in [0.15, 0.2) is 12.3 Å². The highest BCUT2D eigenvalue weighted by Crippen LogP contribution is 2.34. The second kappa shape index (κ2) is 5.95. The minimum atomic E-state index is -0.0175. The predicted octanol–water partition coefficient (Wildman–Crippen LogP) is 1.73. The number of hydrogen-bond acceptors (Lipinski definition) is 3. The summed E-state index contributed by atoms with van der Waals surface area (Å²) in [7, 11) is 0. The fraction of sp³-hybridized carbons (Fsp3) is 0.733. The van der Waals surface area contributed by atoms with Crippen LogP contribution in [0, 0.1) is 5.92 Å². The van der Waals surface area contributed by atoms with Crippen LogP contribution >= 0.6 is 0 Å². The van der Waals surface area contributed by atoms with Gasteiger partial charge in [0.1, 0.15) is 5.69 Å². The lowest BCUT2D eigenvalue weighted by molar-refractivity contribution is 0.0942. The van der Waals surface area contributed by atoms with Gasteiger partial charge in [0.25, 0.3) is 5.91 Å². The third-order valence-corrected chi connectivity index (χ3v) is 4.38. The fourth-order valence-corrected chi connectivity index (χ4v) is 3.08. The van der Waals surface area contributed by atoms with Crippen LogP contribution in [0.3, 0.4) is 0 Å².